The first-order valence-corrected chi connectivity index (χ1v) is 11.8. The van der Waals surface area contributed by atoms with Gasteiger partial charge in [0.1, 0.15) is 18.8 Å². The number of amidine groups is 1. The lowest BCUT2D eigenvalue weighted by atomic mass is 10.1. The Kier molecular flexibility index (Phi) is 12.9. The molecule has 34 heavy (non-hydrogen) atoms. The molecule has 0 saturated heterocycles. The number of anilines is 1. The number of esters is 3. The van der Waals surface area contributed by atoms with E-state index in [0.29, 0.717) is 10.9 Å². The molecule has 1 aromatic carbocycles. The van der Waals surface area contributed by atoms with Crippen LogP contribution in [0.2, 0.25) is 0 Å². The number of amides is 1. The van der Waals surface area contributed by atoms with Crippen molar-refractivity contribution < 1.29 is 38.1 Å². The van der Waals surface area contributed by atoms with Crippen molar-refractivity contribution in [3.05, 3.63) is 30.3 Å². The molecule has 1 rings (SSSR count). The third-order valence-corrected chi connectivity index (χ3v) is 4.98. The van der Waals surface area contributed by atoms with Crippen LogP contribution in [0.15, 0.2) is 35.3 Å². The molecule has 0 aromatic heterocycles. The van der Waals surface area contributed by atoms with Crippen LogP contribution in [-0.2, 0) is 38.1 Å². The Morgan fingerprint density at radius 2 is 1.59 bits per heavy atom. The molecule has 188 valence electrons. The molecule has 0 spiro atoms. The highest BCUT2D eigenvalue weighted by atomic mass is 32.2. The van der Waals surface area contributed by atoms with E-state index in [0.717, 1.165) is 0 Å². The van der Waals surface area contributed by atoms with Crippen molar-refractivity contribution in [1.82, 2.24) is 0 Å². The van der Waals surface area contributed by atoms with E-state index in [-0.39, 0.29) is 25.7 Å². The number of carbonyl (C=O) groups excluding carboxylic acids is 4. The summed E-state index contributed by atoms with van der Waals surface area (Å²) in [5, 5.41) is 0.476. The Balaban J connectivity index is 2.99. The molecule has 0 bridgehead atoms. The quantitative estimate of drug-likeness (QED) is 0.150. The average Bonchev–Trinajstić information content (AvgIpc) is 2.75. The molecule has 0 radical (unpaired) electrons. The Bertz CT molecular complexity index is 862. The lowest BCUT2D eigenvalue weighted by Gasteiger charge is -2.30. The van der Waals surface area contributed by atoms with Crippen molar-refractivity contribution in [2.45, 2.75) is 52.9 Å². The molecule has 0 saturated carbocycles. The minimum atomic E-state index is -1.01. The van der Waals surface area contributed by atoms with Crippen molar-refractivity contribution in [2.24, 2.45) is 4.99 Å². The van der Waals surface area contributed by atoms with Crippen LogP contribution in [0.3, 0.4) is 0 Å². The van der Waals surface area contributed by atoms with Crippen molar-refractivity contribution >= 4 is 46.4 Å². The number of benzene rings is 1. The lowest BCUT2D eigenvalue weighted by molar-refractivity contribution is -0.182. The van der Waals surface area contributed by atoms with Crippen LogP contribution in [0.5, 0.6) is 0 Å². The second kappa shape index (κ2) is 15.1. The first-order chi connectivity index (χ1) is 16.1. The molecule has 0 heterocycles. The van der Waals surface area contributed by atoms with Crippen molar-refractivity contribution in [3.63, 3.8) is 0 Å². The Hall–Kier alpha value is -2.92. The Labute approximate surface area is 204 Å². The van der Waals surface area contributed by atoms with Gasteiger partial charge < -0.3 is 18.9 Å². The number of aliphatic imine (C=N–C) groups is 1. The van der Waals surface area contributed by atoms with Gasteiger partial charge in [-0.05, 0) is 25.3 Å². The highest BCUT2D eigenvalue weighted by Crippen LogP contribution is 2.19. The summed E-state index contributed by atoms with van der Waals surface area (Å²) in [5.74, 6) is -1.91. The number of thioether (sulfide) groups is 1. The monoisotopic (exact) mass is 496 g/mol. The fourth-order valence-corrected chi connectivity index (χ4v) is 3.64. The normalized spacial score (nSPS) is 13.9. The maximum atomic E-state index is 12.3. The van der Waals surface area contributed by atoms with Gasteiger partial charge in [0, 0.05) is 27.7 Å². The molecular formula is C23H32N2O8S. The van der Waals surface area contributed by atoms with Crippen molar-refractivity contribution in [3.8, 4) is 0 Å². The number of ether oxygens (including phenoxy) is 4. The Morgan fingerprint density at radius 3 is 2.09 bits per heavy atom. The molecule has 0 unspecified atom stereocenters. The predicted molar refractivity (Wildman–Crippen MR) is 129 cm³/mol. The van der Waals surface area contributed by atoms with Gasteiger partial charge in [0.15, 0.2) is 11.3 Å². The van der Waals surface area contributed by atoms with Gasteiger partial charge in [-0.1, -0.05) is 30.0 Å². The van der Waals surface area contributed by atoms with Gasteiger partial charge in [0.05, 0.1) is 18.8 Å². The zero-order valence-corrected chi connectivity index (χ0v) is 21.1. The third kappa shape index (κ3) is 10.3. The first-order valence-electron chi connectivity index (χ1n) is 10.6. The van der Waals surface area contributed by atoms with Gasteiger partial charge >= 0.3 is 17.9 Å². The Morgan fingerprint density at radius 1 is 0.971 bits per heavy atom. The second-order valence-electron chi connectivity index (χ2n) is 7.16. The summed E-state index contributed by atoms with van der Waals surface area (Å²) >= 11 is 1.30. The summed E-state index contributed by atoms with van der Waals surface area (Å²) in [6, 6.07) is 9.11. The van der Waals surface area contributed by atoms with E-state index >= 15 is 0 Å². The van der Waals surface area contributed by atoms with E-state index in [4.69, 9.17) is 18.9 Å². The first kappa shape index (κ1) is 29.1. The zero-order chi connectivity index (χ0) is 25.7. The minimum absolute atomic E-state index is 0.0566. The second-order valence-corrected chi connectivity index (χ2v) is 7.93. The topological polar surface area (TPSA) is 121 Å². The highest BCUT2D eigenvalue weighted by Gasteiger charge is 2.33. The molecule has 1 aromatic rings. The fraction of sp³-hybridized carbons (Fsp3) is 0.522. The third-order valence-electron chi connectivity index (χ3n) is 4.31. The molecule has 0 fully saturated rings. The van der Waals surface area contributed by atoms with Crippen LogP contribution in [-0.4, -0.2) is 73.3 Å². The number of hydrogen-bond acceptors (Lipinski definition) is 10. The molecule has 11 heteroatoms. The van der Waals surface area contributed by atoms with Gasteiger partial charge in [-0.3, -0.25) is 29.1 Å². The van der Waals surface area contributed by atoms with Crippen LogP contribution < -0.4 is 4.90 Å². The summed E-state index contributed by atoms with van der Waals surface area (Å²) in [4.78, 5) is 52.6. The van der Waals surface area contributed by atoms with E-state index in [1.54, 1.807) is 25.3 Å². The van der Waals surface area contributed by atoms with E-state index in [9.17, 15) is 19.2 Å². The van der Waals surface area contributed by atoms with Gasteiger partial charge in [0.2, 0.25) is 5.91 Å². The van der Waals surface area contributed by atoms with Crippen LogP contribution in [0.1, 0.15) is 34.6 Å². The molecular weight excluding hydrogens is 464 g/mol. The van der Waals surface area contributed by atoms with Gasteiger partial charge in [-0.25, -0.2) is 0 Å². The van der Waals surface area contributed by atoms with Crippen LogP contribution >= 0.6 is 11.8 Å². The highest BCUT2D eigenvalue weighted by molar-refractivity contribution is 8.13. The number of carbonyl (C=O) groups is 4. The number of nitrogens with zero attached hydrogens (tertiary/aromatic N) is 2. The largest absolute Gasteiger partial charge is 0.463 e. The molecule has 0 aliphatic carbocycles. The maximum Gasteiger partial charge on any atom is 0.303 e. The summed E-state index contributed by atoms with van der Waals surface area (Å²) in [7, 11) is 0. The molecule has 1 amide bonds. The van der Waals surface area contributed by atoms with E-state index in [2.05, 4.69) is 4.99 Å². The van der Waals surface area contributed by atoms with E-state index < -0.39 is 36.2 Å². The van der Waals surface area contributed by atoms with Crippen LogP contribution in [0, 0.1) is 0 Å². The van der Waals surface area contributed by atoms with Crippen molar-refractivity contribution in [2.75, 3.05) is 30.9 Å². The molecule has 10 nitrogen and oxygen atoms in total. The van der Waals surface area contributed by atoms with Crippen LogP contribution in [0.4, 0.5) is 5.69 Å². The average molecular weight is 497 g/mol. The SMILES string of the molecule is CSC(=NCCO[C@H](COC(C)=O)[C@@H](OC(C)=O)[C@@H](C)OC(C)=O)N(C(C)=O)c1ccccc1. The lowest BCUT2D eigenvalue weighted by Crippen LogP contribution is -2.46. The number of para-hydroxylation sites is 1. The van der Waals surface area contributed by atoms with E-state index in [1.807, 2.05) is 18.2 Å². The molecule has 3 atom stereocenters. The van der Waals surface area contributed by atoms with Crippen molar-refractivity contribution in [1.29, 1.82) is 0 Å². The summed E-state index contributed by atoms with van der Waals surface area (Å²) < 4.78 is 21.4. The minimum Gasteiger partial charge on any atom is -0.463 e. The smallest absolute Gasteiger partial charge is 0.303 e. The van der Waals surface area contributed by atoms with Gasteiger partial charge in [0.25, 0.3) is 0 Å². The predicted octanol–water partition coefficient (Wildman–Crippen LogP) is 2.59. The zero-order valence-electron chi connectivity index (χ0n) is 20.3. The molecule has 0 N–H and O–H groups in total. The summed E-state index contributed by atoms with van der Waals surface area (Å²) in [6.45, 7) is 6.68. The maximum absolute atomic E-state index is 12.3. The van der Waals surface area contributed by atoms with Gasteiger partial charge in [-0.15, -0.1) is 0 Å². The summed E-state index contributed by atoms with van der Waals surface area (Å²) in [6.07, 6.45) is -0.964. The van der Waals surface area contributed by atoms with E-state index in [1.165, 1.54) is 44.4 Å². The summed E-state index contributed by atoms with van der Waals surface area (Å²) in [5.41, 5.74) is 0.682. The fourth-order valence-electron chi connectivity index (χ4n) is 3.01. The van der Waals surface area contributed by atoms with Crippen LogP contribution in [0.25, 0.3) is 0 Å². The molecule has 0 aliphatic rings. The number of hydrogen-bond donors (Lipinski definition) is 0. The van der Waals surface area contributed by atoms with Gasteiger partial charge in [-0.2, -0.15) is 0 Å². The number of rotatable bonds is 11. The standard InChI is InChI=1S/C23H32N2O8S/c1-15(32-18(4)28)22(33-19(5)29)21(14-31-17(3)27)30-13-12-24-23(34-6)25(16(2)26)20-10-8-7-9-11-20/h7-11,15,21-22H,12-14H2,1-6H3/t15-,21-,22+/m1/s1. The molecule has 0 aliphatic heterocycles.